The molecule has 0 aliphatic rings. The minimum Gasteiger partial charge on any atom is -0.494 e. The Labute approximate surface area is 106 Å². The number of nitrogens with one attached hydrogen (secondary N) is 1. The van der Waals surface area contributed by atoms with E-state index < -0.39 is 17.2 Å². The number of benzene rings is 1. The molecule has 18 heavy (non-hydrogen) atoms. The van der Waals surface area contributed by atoms with E-state index in [4.69, 9.17) is 10.5 Å². The Bertz CT molecular complexity index is 416. The molecule has 1 aromatic rings. The van der Waals surface area contributed by atoms with Crippen LogP contribution in [0.1, 0.15) is 31.9 Å². The normalized spacial score (nSPS) is 13.5. The number of rotatable bonds is 5. The number of hydrogen-bond acceptors (Lipinski definition) is 3. The second kappa shape index (κ2) is 5.63. The number of halogens is 2. The zero-order valence-corrected chi connectivity index (χ0v) is 11.2. The lowest BCUT2D eigenvalue weighted by Crippen LogP contribution is -2.37. The molecule has 1 aromatic carbocycles. The largest absolute Gasteiger partial charge is 0.494 e. The highest BCUT2D eigenvalue weighted by atomic mass is 19.1. The van der Waals surface area contributed by atoms with Crippen LogP contribution in [0.3, 0.4) is 0 Å². The summed E-state index contributed by atoms with van der Waals surface area (Å²) in [4.78, 5) is 0. The van der Waals surface area contributed by atoms with Crippen molar-refractivity contribution in [1.82, 2.24) is 5.32 Å². The Morgan fingerprint density at radius 1 is 1.33 bits per heavy atom. The molecule has 5 heteroatoms. The molecule has 0 amide bonds. The van der Waals surface area contributed by atoms with Gasteiger partial charge in [0.15, 0.2) is 11.6 Å². The molecule has 102 valence electrons. The molecule has 3 N–H and O–H groups in total. The Kier molecular flexibility index (Phi) is 4.65. The molecule has 0 heterocycles. The van der Waals surface area contributed by atoms with Crippen LogP contribution in [0, 0.1) is 11.6 Å². The fourth-order valence-corrected chi connectivity index (χ4v) is 1.86. The van der Waals surface area contributed by atoms with Crippen molar-refractivity contribution in [3.63, 3.8) is 0 Å². The molecule has 0 saturated heterocycles. The van der Waals surface area contributed by atoms with Crippen LogP contribution in [0.5, 0.6) is 5.75 Å². The van der Waals surface area contributed by atoms with Crippen LogP contribution in [0.2, 0.25) is 0 Å². The molecular weight excluding hydrogens is 238 g/mol. The van der Waals surface area contributed by atoms with Gasteiger partial charge < -0.3 is 15.8 Å². The summed E-state index contributed by atoms with van der Waals surface area (Å²) in [5.41, 5.74) is 5.70. The first-order chi connectivity index (χ1) is 8.28. The monoisotopic (exact) mass is 258 g/mol. The van der Waals surface area contributed by atoms with Crippen molar-refractivity contribution >= 4 is 0 Å². The summed E-state index contributed by atoms with van der Waals surface area (Å²) in [6, 6.07) is 1.87. The van der Waals surface area contributed by atoms with Crippen LogP contribution in [-0.2, 0) is 0 Å². The minimum absolute atomic E-state index is 0.0990. The third kappa shape index (κ3) is 3.65. The average Bonchev–Trinajstić information content (AvgIpc) is 2.27. The van der Waals surface area contributed by atoms with Gasteiger partial charge in [-0.15, -0.1) is 0 Å². The first kappa shape index (κ1) is 14.9. The SMILES string of the molecule is CNC(CC(C)(C)N)c1cc(F)c(OC)cc1F. The van der Waals surface area contributed by atoms with Gasteiger partial charge in [-0.2, -0.15) is 0 Å². The van der Waals surface area contributed by atoms with Gasteiger partial charge in [0.25, 0.3) is 0 Å². The van der Waals surface area contributed by atoms with E-state index in [0.29, 0.717) is 6.42 Å². The lowest BCUT2D eigenvalue weighted by Gasteiger charge is -2.26. The molecule has 0 spiro atoms. The fraction of sp³-hybridized carbons (Fsp3) is 0.538. The standard InChI is InChI=1S/C13H20F2N2O/c1-13(2,16)7-11(17-3)8-5-10(15)12(18-4)6-9(8)14/h5-6,11,17H,7,16H2,1-4H3. The van der Waals surface area contributed by atoms with Gasteiger partial charge in [0.2, 0.25) is 0 Å². The third-order valence-corrected chi connectivity index (χ3v) is 2.73. The van der Waals surface area contributed by atoms with Gasteiger partial charge in [-0.1, -0.05) is 0 Å². The molecule has 0 radical (unpaired) electrons. The molecule has 0 bridgehead atoms. The highest BCUT2D eigenvalue weighted by molar-refractivity contribution is 5.32. The van der Waals surface area contributed by atoms with Gasteiger partial charge in [0, 0.05) is 23.2 Å². The van der Waals surface area contributed by atoms with Crippen LogP contribution in [0.4, 0.5) is 8.78 Å². The van der Waals surface area contributed by atoms with Gasteiger partial charge in [-0.3, -0.25) is 0 Å². The highest BCUT2D eigenvalue weighted by Crippen LogP contribution is 2.29. The summed E-state index contributed by atoms with van der Waals surface area (Å²) >= 11 is 0. The second-order valence-corrected chi connectivity index (χ2v) is 5.04. The zero-order valence-electron chi connectivity index (χ0n) is 11.2. The predicted molar refractivity (Wildman–Crippen MR) is 67.6 cm³/mol. The molecule has 1 unspecified atom stereocenters. The molecule has 3 nitrogen and oxygen atoms in total. The molecule has 0 aliphatic heterocycles. The van der Waals surface area contributed by atoms with E-state index in [0.717, 1.165) is 12.1 Å². The zero-order chi connectivity index (χ0) is 13.9. The van der Waals surface area contributed by atoms with Crippen LogP contribution in [0.15, 0.2) is 12.1 Å². The molecule has 0 aliphatic carbocycles. The van der Waals surface area contributed by atoms with E-state index in [1.165, 1.54) is 7.11 Å². The van der Waals surface area contributed by atoms with Crippen LogP contribution in [0.25, 0.3) is 0 Å². The number of ether oxygens (including phenoxy) is 1. The van der Waals surface area contributed by atoms with Crippen molar-refractivity contribution in [1.29, 1.82) is 0 Å². The van der Waals surface area contributed by atoms with Gasteiger partial charge in [-0.25, -0.2) is 8.78 Å². The van der Waals surface area contributed by atoms with E-state index in [2.05, 4.69) is 5.32 Å². The maximum absolute atomic E-state index is 13.9. The van der Waals surface area contributed by atoms with E-state index >= 15 is 0 Å². The van der Waals surface area contributed by atoms with Crippen molar-refractivity contribution in [2.45, 2.75) is 31.8 Å². The summed E-state index contributed by atoms with van der Waals surface area (Å²) in [5.74, 6) is -1.18. The quantitative estimate of drug-likeness (QED) is 0.852. The molecule has 1 rings (SSSR count). The highest BCUT2D eigenvalue weighted by Gasteiger charge is 2.23. The van der Waals surface area contributed by atoms with Gasteiger partial charge >= 0.3 is 0 Å². The van der Waals surface area contributed by atoms with Crippen LogP contribution >= 0.6 is 0 Å². The minimum atomic E-state index is -0.580. The van der Waals surface area contributed by atoms with Crippen molar-refractivity contribution in [3.8, 4) is 5.75 Å². The van der Waals surface area contributed by atoms with Gasteiger partial charge in [-0.05, 0) is 33.4 Å². The Morgan fingerprint density at radius 3 is 2.39 bits per heavy atom. The maximum Gasteiger partial charge on any atom is 0.165 e. The lowest BCUT2D eigenvalue weighted by atomic mass is 9.91. The summed E-state index contributed by atoms with van der Waals surface area (Å²) in [7, 11) is 2.99. The number of hydrogen-bond donors (Lipinski definition) is 2. The summed E-state index contributed by atoms with van der Waals surface area (Å²) < 4.78 is 32.2. The first-order valence-corrected chi connectivity index (χ1v) is 5.77. The van der Waals surface area contributed by atoms with Crippen molar-refractivity contribution in [2.24, 2.45) is 5.73 Å². The molecule has 0 aromatic heterocycles. The topological polar surface area (TPSA) is 47.3 Å². The van der Waals surface area contributed by atoms with Crippen LogP contribution in [-0.4, -0.2) is 19.7 Å². The first-order valence-electron chi connectivity index (χ1n) is 5.77. The summed E-state index contributed by atoms with van der Waals surface area (Å²) in [6.07, 6.45) is 0.492. The van der Waals surface area contributed by atoms with E-state index in [9.17, 15) is 8.78 Å². The molecule has 1 atom stereocenters. The van der Waals surface area contributed by atoms with Crippen molar-refractivity contribution < 1.29 is 13.5 Å². The van der Waals surface area contributed by atoms with Gasteiger partial charge in [0.1, 0.15) is 5.82 Å². The van der Waals surface area contributed by atoms with E-state index in [1.54, 1.807) is 7.05 Å². The Hall–Kier alpha value is -1.20. The molecular formula is C13H20F2N2O. The molecule has 0 fully saturated rings. The Morgan fingerprint density at radius 2 is 1.94 bits per heavy atom. The second-order valence-electron chi connectivity index (χ2n) is 5.04. The van der Waals surface area contributed by atoms with Crippen molar-refractivity contribution in [3.05, 3.63) is 29.3 Å². The van der Waals surface area contributed by atoms with Gasteiger partial charge in [0.05, 0.1) is 7.11 Å². The third-order valence-electron chi connectivity index (χ3n) is 2.73. The lowest BCUT2D eigenvalue weighted by molar-refractivity contribution is 0.369. The van der Waals surface area contributed by atoms with E-state index in [-0.39, 0.29) is 17.4 Å². The predicted octanol–water partition coefficient (Wildman–Crippen LogP) is 2.36. The number of methoxy groups -OCH3 is 1. The fourth-order valence-electron chi connectivity index (χ4n) is 1.86. The Balaban J connectivity index is 3.10. The van der Waals surface area contributed by atoms with Crippen molar-refractivity contribution in [2.75, 3.05) is 14.2 Å². The smallest absolute Gasteiger partial charge is 0.165 e. The average molecular weight is 258 g/mol. The maximum atomic E-state index is 13.9. The van der Waals surface area contributed by atoms with Crippen LogP contribution < -0.4 is 15.8 Å². The summed E-state index contributed by atoms with van der Waals surface area (Å²) in [6.45, 7) is 3.68. The number of nitrogens with two attached hydrogens (primary N) is 1. The molecule has 0 saturated carbocycles. The summed E-state index contributed by atoms with van der Waals surface area (Å²) in [5, 5.41) is 2.95. The van der Waals surface area contributed by atoms with E-state index in [1.807, 2.05) is 13.8 Å².